The largest absolute Gasteiger partial charge is 0.508 e. The van der Waals surface area contributed by atoms with Gasteiger partial charge in [-0.2, -0.15) is 0 Å². The predicted octanol–water partition coefficient (Wildman–Crippen LogP) is 4.97. The van der Waals surface area contributed by atoms with Gasteiger partial charge in [-0.25, -0.2) is 0 Å². The number of phenols is 1. The van der Waals surface area contributed by atoms with Gasteiger partial charge in [0.05, 0.1) is 11.0 Å². The molecule has 1 amide bonds. The molecule has 0 fully saturated rings. The molecule has 148 valence electrons. The van der Waals surface area contributed by atoms with Crippen LogP contribution >= 0.6 is 0 Å². The maximum atomic E-state index is 12.9. The summed E-state index contributed by atoms with van der Waals surface area (Å²) in [6, 6.07) is 25.0. The third kappa shape index (κ3) is 3.71. The molecule has 0 saturated heterocycles. The Morgan fingerprint density at radius 3 is 2.23 bits per heavy atom. The summed E-state index contributed by atoms with van der Waals surface area (Å²) in [5, 5.41) is 26.4. The Labute approximate surface area is 172 Å². The van der Waals surface area contributed by atoms with Crippen molar-refractivity contribution in [2.45, 2.75) is 6.04 Å². The second-order valence-electron chi connectivity index (χ2n) is 6.84. The molecular formula is C24H18N2O4. The molecule has 0 aliphatic rings. The van der Waals surface area contributed by atoms with Crippen molar-refractivity contribution in [2.75, 3.05) is 0 Å². The number of nitrogens with zero attached hydrogens (tertiary/aromatic N) is 1. The number of rotatable bonds is 5. The lowest BCUT2D eigenvalue weighted by Gasteiger charge is -2.22. The van der Waals surface area contributed by atoms with Gasteiger partial charge in [-0.15, -0.1) is 0 Å². The Kier molecular flexibility index (Phi) is 5.13. The molecule has 30 heavy (non-hydrogen) atoms. The maximum Gasteiger partial charge on any atom is 0.269 e. The summed E-state index contributed by atoms with van der Waals surface area (Å²) >= 11 is 0. The van der Waals surface area contributed by atoms with E-state index in [4.69, 9.17) is 0 Å². The fourth-order valence-electron chi connectivity index (χ4n) is 3.50. The van der Waals surface area contributed by atoms with Gasteiger partial charge in [0, 0.05) is 23.3 Å². The van der Waals surface area contributed by atoms with Crippen LogP contribution in [0.4, 0.5) is 5.69 Å². The van der Waals surface area contributed by atoms with Crippen LogP contribution in [0.25, 0.3) is 10.8 Å². The molecule has 4 aromatic carbocycles. The van der Waals surface area contributed by atoms with E-state index in [2.05, 4.69) is 5.32 Å². The number of benzene rings is 4. The van der Waals surface area contributed by atoms with E-state index in [0.717, 1.165) is 10.8 Å². The molecule has 4 aromatic rings. The summed E-state index contributed by atoms with van der Waals surface area (Å²) in [6.45, 7) is 0. The Bertz CT molecular complexity index is 1220. The number of nitro groups is 1. The number of amides is 1. The first kappa shape index (κ1) is 19.1. The first-order chi connectivity index (χ1) is 14.5. The number of phenolic OH excluding ortho intramolecular Hbond substituents is 1. The summed E-state index contributed by atoms with van der Waals surface area (Å²) < 4.78 is 0. The van der Waals surface area contributed by atoms with Crippen LogP contribution in [0.5, 0.6) is 5.75 Å². The van der Waals surface area contributed by atoms with Gasteiger partial charge in [0.25, 0.3) is 11.6 Å². The molecule has 1 atom stereocenters. The standard InChI is InChI=1S/C24H18N2O4/c27-21-15-12-16-6-4-5-9-20(16)22(21)23(17-10-13-19(14-11-17)26(29)30)25-24(28)18-7-2-1-3-8-18/h1-15,23,27H,(H,25,28)/t23-/m0/s1. The van der Waals surface area contributed by atoms with E-state index >= 15 is 0 Å². The Morgan fingerprint density at radius 2 is 1.53 bits per heavy atom. The minimum atomic E-state index is -0.704. The van der Waals surface area contributed by atoms with Crippen LogP contribution in [0, 0.1) is 10.1 Å². The molecule has 0 bridgehead atoms. The Morgan fingerprint density at radius 1 is 0.867 bits per heavy atom. The fourth-order valence-corrected chi connectivity index (χ4v) is 3.50. The quantitative estimate of drug-likeness (QED) is 0.367. The van der Waals surface area contributed by atoms with Gasteiger partial charge >= 0.3 is 0 Å². The number of aromatic hydroxyl groups is 1. The average Bonchev–Trinajstić information content (AvgIpc) is 2.78. The van der Waals surface area contributed by atoms with Crippen molar-refractivity contribution < 1.29 is 14.8 Å². The summed E-state index contributed by atoms with van der Waals surface area (Å²) in [5.41, 5.74) is 1.58. The van der Waals surface area contributed by atoms with E-state index in [1.54, 1.807) is 48.5 Å². The summed E-state index contributed by atoms with van der Waals surface area (Å²) in [4.78, 5) is 23.5. The maximum absolute atomic E-state index is 12.9. The first-order valence-electron chi connectivity index (χ1n) is 9.35. The first-order valence-corrected chi connectivity index (χ1v) is 9.35. The molecule has 6 heteroatoms. The van der Waals surface area contributed by atoms with Crippen molar-refractivity contribution >= 4 is 22.4 Å². The third-order valence-electron chi connectivity index (χ3n) is 4.99. The van der Waals surface area contributed by atoms with E-state index in [0.29, 0.717) is 16.7 Å². The SMILES string of the molecule is O=C(N[C@@H](c1ccc([N+](=O)[O-])cc1)c1c(O)ccc2ccccc12)c1ccccc1. The minimum Gasteiger partial charge on any atom is -0.508 e. The second-order valence-corrected chi connectivity index (χ2v) is 6.84. The Balaban J connectivity index is 1.85. The minimum absolute atomic E-state index is 0.0328. The van der Waals surface area contributed by atoms with Crippen molar-refractivity contribution in [1.29, 1.82) is 0 Å². The lowest BCUT2D eigenvalue weighted by molar-refractivity contribution is -0.384. The number of hydrogen-bond donors (Lipinski definition) is 2. The Hall–Kier alpha value is -4.19. The van der Waals surface area contributed by atoms with Crippen molar-refractivity contribution in [3.8, 4) is 5.75 Å². The van der Waals surface area contributed by atoms with Gasteiger partial charge in [-0.1, -0.05) is 48.5 Å². The van der Waals surface area contributed by atoms with Gasteiger partial charge in [0.15, 0.2) is 0 Å². The highest BCUT2D eigenvalue weighted by Gasteiger charge is 2.23. The number of nitro benzene ring substituents is 1. The van der Waals surface area contributed by atoms with Gasteiger partial charge < -0.3 is 10.4 Å². The summed E-state index contributed by atoms with van der Waals surface area (Å²) in [6.07, 6.45) is 0. The molecule has 0 aromatic heterocycles. The van der Waals surface area contributed by atoms with Crippen molar-refractivity contribution in [3.05, 3.63) is 118 Å². The van der Waals surface area contributed by atoms with Crippen LogP contribution in [-0.2, 0) is 0 Å². The fraction of sp³-hybridized carbons (Fsp3) is 0.0417. The van der Waals surface area contributed by atoms with Gasteiger partial charge in [-0.05, 0) is 46.7 Å². The van der Waals surface area contributed by atoms with Crippen LogP contribution in [0.3, 0.4) is 0 Å². The molecule has 6 nitrogen and oxygen atoms in total. The van der Waals surface area contributed by atoms with E-state index in [1.165, 1.54) is 12.1 Å². The highest BCUT2D eigenvalue weighted by atomic mass is 16.6. The van der Waals surface area contributed by atoms with Gasteiger partial charge in [-0.3, -0.25) is 14.9 Å². The number of nitrogens with one attached hydrogen (secondary N) is 1. The van der Waals surface area contributed by atoms with E-state index in [1.807, 2.05) is 30.3 Å². The predicted molar refractivity (Wildman–Crippen MR) is 114 cm³/mol. The number of hydrogen-bond acceptors (Lipinski definition) is 4. The van der Waals surface area contributed by atoms with E-state index < -0.39 is 11.0 Å². The monoisotopic (exact) mass is 398 g/mol. The molecule has 0 unspecified atom stereocenters. The lowest BCUT2D eigenvalue weighted by Crippen LogP contribution is -2.29. The molecule has 0 spiro atoms. The third-order valence-corrected chi connectivity index (χ3v) is 4.99. The van der Waals surface area contributed by atoms with Crippen molar-refractivity contribution in [2.24, 2.45) is 0 Å². The van der Waals surface area contributed by atoms with Crippen LogP contribution in [0.15, 0.2) is 91.0 Å². The van der Waals surface area contributed by atoms with E-state index in [-0.39, 0.29) is 17.3 Å². The summed E-state index contributed by atoms with van der Waals surface area (Å²) in [7, 11) is 0. The van der Waals surface area contributed by atoms with Crippen LogP contribution in [-0.4, -0.2) is 15.9 Å². The zero-order valence-corrected chi connectivity index (χ0v) is 15.9. The second kappa shape index (κ2) is 8.05. The average molecular weight is 398 g/mol. The molecule has 0 heterocycles. The highest BCUT2D eigenvalue weighted by molar-refractivity contribution is 5.96. The van der Waals surface area contributed by atoms with Gasteiger partial charge in [0.1, 0.15) is 5.75 Å². The van der Waals surface area contributed by atoms with Crippen LogP contribution in [0.2, 0.25) is 0 Å². The zero-order valence-electron chi connectivity index (χ0n) is 15.9. The molecule has 0 aliphatic carbocycles. The zero-order chi connectivity index (χ0) is 21.1. The van der Waals surface area contributed by atoms with Crippen molar-refractivity contribution in [1.82, 2.24) is 5.32 Å². The normalized spacial score (nSPS) is 11.7. The van der Waals surface area contributed by atoms with Crippen LogP contribution < -0.4 is 5.32 Å². The lowest BCUT2D eigenvalue weighted by atomic mass is 9.92. The molecular weight excluding hydrogens is 380 g/mol. The molecule has 2 N–H and O–H groups in total. The number of carbonyl (C=O) groups is 1. The number of fused-ring (bicyclic) bond motifs is 1. The topological polar surface area (TPSA) is 92.5 Å². The van der Waals surface area contributed by atoms with Crippen molar-refractivity contribution in [3.63, 3.8) is 0 Å². The van der Waals surface area contributed by atoms with Gasteiger partial charge in [0.2, 0.25) is 0 Å². The molecule has 0 radical (unpaired) electrons. The molecule has 0 aliphatic heterocycles. The molecule has 0 saturated carbocycles. The highest BCUT2D eigenvalue weighted by Crippen LogP contribution is 2.36. The molecule has 4 rings (SSSR count). The summed E-state index contributed by atoms with van der Waals surface area (Å²) in [5.74, 6) is -0.281. The van der Waals surface area contributed by atoms with Crippen LogP contribution in [0.1, 0.15) is 27.5 Å². The number of carbonyl (C=O) groups excluding carboxylic acids is 1. The number of non-ortho nitro benzene ring substituents is 1. The van der Waals surface area contributed by atoms with E-state index in [9.17, 15) is 20.0 Å². The smallest absolute Gasteiger partial charge is 0.269 e.